The molecule has 0 aromatic heterocycles. The molecule has 0 atom stereocenters. The van der Waals surface area contributed by atoms with Gasteiger partial charge in [-0.2, -0.15) is 0 Å². The number of fused-ring (bicyclic) bond motifs is 1. The highest BCUT2D eigenvalue weighted by Gasteiger charge is 2.35. The van der Waals surface area contributed by atoms with Crippen molar-refractivity contribution in [2.75, 3.05) is 0 Å². The highest BCUT2D eigenvalue weighted by atomic mass is 32.2. The quantitative estimate of drug-likeness (QED) is 0.671. The molecular weight excluding hydrogens is 296 g/mol. The van der Waals surface area contributed by atoms with E-state index in [1.807, 2.05) is 4.72 Å². The van der Waals surface area contributed by atoms with Crippen LogP contribution in [0.4, 0.5) is 5.69 Å². The first-order valence-corrected chi connectivity index (χ1v) is 7.33. The Bertz CT molecular complexity index is 872. The second-order valence-corrected chi connectivity index (χ2v) is 6.04. The number of hydrogen-bond donors (Lipinski definition) is 1. The van der Waals surface area contributed by atoms with Crippen LogP contribution in [0.15, 0.2) is 47.4 Å². The van der Waals surface area contributed by atoms with Gasteiger partial charge in [0.2, 0.25) is 0 Å². The minimum atomic E-state index is -3.89. The Kier molecular flexibility index (Phi) is 2.77. The van der Waals surface area contributed by atoms with E-state index in [0.717, 1.165) is 0 Å². The van der Waals surface area contributed by atoms with Crippen LogP contribution in [0.25, 0.3) is 11.1 Å². The second-order valence-electron chi connectivity index (χ2n) is 4.42. The number of nitrogens with zero attached hydrogens (tertiary/aromatic N) is 1. The van der Waals surface area contributed by atoms with E-state index in [0.29, 0.717) is 11.1 Å². The van der Waals surface area contributed by atoms with Crippen LogP contribution in [-0.2, 0) is 10.0 Å². The van der Waals surface area contributed by atoms with Crippen molar-refractivity contribution in [3.8, 4) is 11.1 Å². The van der Waals surface area contributed by atoms with Gasteiger partial charge in [0.1, 0.15) is 4.90 Å². The van der Waals surface area contributed by atoms with Gasteiger partial charge in [-0.15, -0.1) is 0 Å². The number of nitro groups is 1. The molecule has 1 amide bonds. The van der Waals surface area contributed by atoms with Gasteiger partial charge in [0.05, 0.1) is 10.5 Å². The Morgan fingerprint density at radius 1 is 1.00 bits per heavy atom. The summed E-state index contributed by atoms with van der Waals surface area (Å²) in [5, 5.41) is 10.6. The summed E-state index contributed by atoms with van der Waals surface area (Å²) in [7, 11) is -3.89. The molecule has 2 aromatic rings. The van der Waals surface area contributed by atoms with Crippen molar-refractivity contribution < 1.29 is 18.1 Å². The minimum absolute atomic E-state index is 0.0749. The Morgan fingerprint density at radius 2 is 1.62 bits per heavy atom. The number of benzene rings is 2. The highest BCUT2D eigenvalue weighted by molar-refractivity contribution is 7.90. The molecule has 1 aliphatic rings. The molecule has 0 saturated heterocycles. The zero-order valence-corrected chi connectivity index (χ0v) is 11.3. The van der Waals surface area contributed by atoms with E-state index in [4.69, 9.17) is 0 Å². The van der Waals surface area contributed by atoms with Crippen molar-refractivity contribution in [2.24, 2.45) is 0 Å². The normalized spacial score (nSPS) is 15.3. The van der Waals surface area contributed by atoms with E-state index >= 15 is 0 Å². The monoisotopic (exact) mass is 304 g/mol. The van der Waals surface area contributed by atoms with Crippen LogP contribution in [0.3, 0.4) is 0 Å². The number of non-ortho nitro benzene ring substituents is 1. The van der Waals surface area contributed by atoms with Crippen molar-refractivity contribution in [1.29, 1.82) is 0 Å². The van der Waals surface area contributed by atoms with Gasteiger partial charge < -0.3 is 0 Å². The first-order chi connectivity index (χ1) is 9.90. The summed E-state index contributed by atoms with van der Waals surface area (Å²) >= 11 is 0. The largest absolute Gasteiger partial charge is 0.269 e. The molecule has 1 N–H and O–H groups in total. The maximum atomic E-state index is 12.0. The van der Waals surface area contributed by atoms with E-state index in [1.54, 1.807) is 12.1 Å². The predicted molar refractivity (Wildman–Crippen MR) is 73.2 cm³/mol. The molecule has 1 heterocycles. The number of hydrogen-bond acceptors (Lipinski definition) is 5. The number of nitrogens with one attached hydrogen (secondary N) is 1. The van der Waals surface area contributed by atoms with E-state index in [9.17, 15) is 23.3 Å². The topological polar surface area (TPSA) is 106 Å². The zero-order valence-electron chi connectivity index (χ0n) is 10.4. The molecule has 7 nitrogen and oxygen atoms in total. The second kappa shape index (κ2) is 4.38. The van der Waals surface area contributed by atoms with Crippen LogP contribution in [0.5, 0.6) is 0 Å². The van der Waals surface area contributed by atoms with E-state index < -0.39 is 20.9 Å². The van der Waals surface area contributed by atoms with Gasteiger partial charge in [-0.3, -0.25) is 14.9 Å². The lowest BCUT2D eigenvalue weighted by atomic mass is 10.0. The molecule has 1 aliphatic heterocycles. The van der Waals surface area contributed by atoms with Gasteiger partial charge in [0.25, 0.3) is 21.6 Å². The number of amides is 1. The third-order valence-electron chi connectivity index (χ3n) is 3.14. The van der Waals surface area contributed by atoms with Crippen molar-refractivity contribution >= 4 is 21.6 Å². The highest BCUT2D eigenvalue weighted by Crippen LogP contribution is 2.34. The maximum absolute atomic E-state index is 12.0. The zero-order chi connectivity index (χ0) is 15.2. The lowest BCUT2D eigenvalue weighted by Crippen LogP contribution is -2.20. The van der Waals surface area contributed by atoms with Gasteiger partial charge in [-0.25, -0.2) is 13.1 Å². The van der Waals surface area contributed by atoms with Crippen molar-refractivity contribution in [2.45, 2.75) is 4.90 Å². The molecule has 21 heavy (non-hydrogen) atoms. The number of rotatable bonds is 2. The van der Waals surface area contributed by atoms with Crippen LogP contribution in [0.1, 0.15) is 10.4 Å². The molecule has 0 aliphatic carbocycles. The summed E-state index contributed by atoms with van der Waals surface area (Å²) in [5.41, 5.74) is 0.799. The van der Waals surface area contributed by atoms with E-state index in [1.165, 1.54) is 30.3 Å². The van der Waals surface area contributed by atoms with Crippen LogP contribution in [-0.4, -0.2) is 19.2 Å². The van der Waals surface area contributed by atoms with Crippen molar-refractivity contribution in [3.63, 3.8) is 0 Å². The standard InChI is InChI=1S/C13H8N2O5S/c16-13-11-3-1-2-10(12(11)21(19,20)14-13)8-4-6-9(7-5-8)15(17)18/h1-7H,(H,14,16). The lowest BCUT2D eigenvalue weighted by Gasteiger charge is -2.06. The van der Waals surface area contributed by atoms with Crippen LogP contribution in [0.2, 0.25) is 0 Å². The molecule has 2 aromatic carbocycles. The van der Waals surface area contributed by atoms with E-state index in [2.05, 4.69) is 0 Å². The van der Waals surface area contributed by atoms with Crippen LogP contribution in [0, 0.1) is 10.1 Å². The molecule has 0 saturated carbocycles. The molecule has 0 fully saturated rings. The van der Waals surface area contributed by atoms with E-state index in [-0.39, 0.29) is 16.1 Å². The average molecular weight is 304 g/mol. The third kappa shape index (κ3) is 2.05. The number of nitro benzene ring substituents is 1. The summed E-state index contributed by atoms with van der Waals surface area (Å²) < 4.78 is 25.9. The number of carbonyl (C=O) groups excluding carboxylic acids is 1. The summed E-state index contributed by atoms with van der Waals surface area (Å²) in [6.07, 6.45) is 0. The Morgan fingerprint density at radius 3 is 2.24 bits per heavy atom. The smallest absolute Gasteiger partial charge is 0.268 e. The first-order valence-electron chi connectivity index (χ1n) is 5.85. The maximum Gasteiger partial charge on any atom is 0.269 e. The molecule has 0 radical (unpaired) electrons. The van der Waals surface area contributed by atoms with Gasteiger partial charge in [0.15, 0.2) is 0 Å². The summed E-state index contributed by atoms with van der Waals surface area (Å²) in [6, 6.07) is 10.0. The fourth-order valence-electron chi connectivity index (χ4n) is 2.22. The summed E-state index contributed by atoms with van der Waals surface area (Å²) in [5.74, 6) is -0.672. The van der Waals surface area contributed by atoms with Gasteiger partial charge in [-0.1, -0.05) is 12.1 Å². The SMILES string of the molecule is O=C1NS(=O)(=O)c2c1cccc2-c1ccc([N+](=O)[O-])cc1. The molecule has 0 spiro atoms. The molecule has 0 unspecified atom stereocenters. The van der Waals surface area contributed by atoms with Gasteiger partial charge >= 0.3 is 0 Å². The average Bonchev–Trinajstić information content (AvgIpc) is 2.69. The Labute approximate surface area is 119 Å². The summed E-state index contributed by atoms with van der Waals surface area (Å²) in [4.78, 5) is 21.6. The predicted octanol–water partition coefficient (Wildman–Crippen LogP) is 1.69. The summed E-state index contributed by atoms with van der Waals surface area (Å²) in [6.45, 7) is 0. The number of sulfonamides is 1. The first kappa shape index (κ1) is 13.3. The van der Waals surface area contributed by atoms with Crippen molar-refractivity contribution in [3.05, 3.63) is 58.1 Å². The van der Waals surface area contributed by atoms with Gasteiger partial charge in [-0.05, 0) is 23.8 Å². The lowest BCUT2D eigenvalue weighted by molar-refractivity contribution is -0.384. The minimum Gasteiger partial charge on any atom is -0.268 e. The Hall–Kier alpha value is -2.74. The van der Waals surface area contributed by atoms with Gasteiger partial charge in [0, 0.05) is 17.7 Å². The molecule has 0 bridgehead atoms. The fraction of sp³-hybridized carbons (Fsp3) is 0. The third-order valence-corrected chi connectivity index (χ3v) is 4.58. The van der Waals surface area contributed by atoms with Crippen LogP contribution >= 0.6 is 0 Å². The molecular formula is C13H8N2O5S. The number of carbonyl (C=O) groups is 1. The Balaban J connectivity index is 2.22. The van der Waals surface area contributed by atoms with Crippen molar-refractivity contribution in [1.82, 2.24) is 4.72 Å². The van der Waals surface area contributed by atoms with Crippen LogP contribution < -0.4 is 4.72 Å². The molecule has 8 heteroatoms. The fourth-order valence-corrected chi connectivity index (χ4v) is 3.61. The molecule has 3 rings (SSSR count). The molecule has 106 valence electrons.